The lowest BCUT2D eigenvalue weighted by atomic mass is 10.1. The molecular weight excluding hydrogens is 396 g/mol. The van der Waals surface area contributed by atoms with E-state index in [1.54, 1.807) is 61.3 Å². The van der Waals surface area contributed by atoms with Crippen LogP contribution in [0.3, 0.4) is 0 Å². The van der Waals surface area contributed by atoms with Gasteiger partial charge in [-0.3, -0.25) is 14.3 Å². The van der Waals surface area contributed by atoms with E-state index in [1.807, 2.05) is 12.1 Å². The molecule has 0 aliphatic carbocycles. The van der Waals surface area contributed by atoms with Crippen LogP contribution in [-0.4, -0.2) is 56.7 Å². The molecule has 1 fully saturated rings. The first-order valence-electron chi connectivity index (χ1n) is 10.0. The number of hydrogen-bond donors (Lipinski definition) is 1. The molecular formula is C22H24N6O3. The van der Waals surface area contributed by atoms with Gasteiger partial charge in [-0.2, -0.15) is 5.10 Å². The Hall–Kier alpha value is -3.75. The summed E-state index contributed by atoms with van der Waals surface area (Å²) in [4.78, 5) is 36.2. The number of carbonyl (C=O) groups is 2. The van der Waals surface area contributed by atoms with Gasteiger partial charge in [0.25, 0.3) is 11.8 Å². The van der Waals surface area contributed by atoms with Crippen molar-refractivity contribution in [3.63, 3.8) is 0 Å². The van der Waals surface area contributed by atoms with Crippen LogP contribution in [0.5, 0.6) is 5.75 Å². The van der Waals surface area contributed by atoms with E-state index in [-0.39, 0.29) is 17.7 Å². The van der Waals surface area contributed by atoms with Crippen molar-refractivity contribution in [3.8, 4) is 5.75 Å². The number of likely N-dealkylation sites (tertiary alicyclic amines) is 1. The quantitative estimate of drug-likeness (QED) is 0.680. The summed E-state index contributed by atoms with van der Waals surface area (Å²) in [6.45, 7) is 2.96. The molecule has 0 saturated carbocycles. The molecule has 9 nitrogen and oxygen atoms in total. The highest BCUT2D eigenvalue weighted by Gasteiger charge is 2.31. The monoisotopic (exact) mass is 420 g/mol. The Morgan fingerprint density at radius 3 is 2.74 bits per heavy atom. The third-order valence-electron chi connectivity index (χ3n) is 5.48. The van der Waals surface area contributed by atoms with E-state index in [1.165, 1.54) is 0 Å². The number of anilines is 1. The minimum Gasteiger partial charge on any atom is -0.495 e. The van der Waals surface area contributed by atoms with Gasteiger partial charge in [-0.1, -0.05) is 12.1 Å². The van der Waals surface area contributed by atoms with E-state index in [0.717, 1.165) is 6.42 Å². The number of nitrogens with zero attached hydrogens (tertiary/aromatic N) is 5. The zero-order valence-electron chi connectivity index (χ0n) is 17.7. The summed E-state index contributed by atoms with van der Waals surface area (Å²) in [5, 5.41) is 6.91. The fourth-order valence-electron chi connectivity index (χ4n) is 3.74. The number of benzene rings is 1. The lowest BCUT2D eigenvalue weighted by Gasteiger charge is -2.16. The molecule has 1 N–H and O–H groups in total. The molecule has 2 aromatic heterocycles. The highest BCUT2D eigenvalue weighted by atomic mass is 16.5. The van der Waals surface area contributed by atoms with Gasteiger partial charge in [-0.05, 0) is 31.5 Å². The molecule has 1 aromatic carbocycles. The molecule has 1 saturated heterocycles. The molecule has 3 heterocycles. The first-order chi connectivity index (χ1) is 15.0. The molecule has 9 heteroatoms. The second kappa shape index (κ2) is 8.55. The molecule has 1 atom stereocenters. The largest absolute Gasteiger partial charge is 0.495 e. The fourth-order valence-corrected chi connectivity index (χ4v) is 3.74. The van der Waals surface area contributed by atoms with Gasteiger partial charge < -0.3 is 15.0 Å². The van der Waals surface area contributed by atoms with Crippen molar-refractivity contribution in [2.75, 3.05) is 25.5 Å². The van der Waals surface area contributed by atoms with Gasteiger partial charge in [-0.25, -0.2) is 9.97 Å². The van der Waals surface area contributed by atoms with Gasteiger partial charge in [0.15, 0.2) is 0 Å². The molecule has 3 aromatic rings. The first kappa shape index (κ1) is 20.5. The van der Waals surface area contributed by atoms with E-state index in [0.29, 0.717) is 47.3 Å². The molecule has 0 spiro atoms. The van der Waals surface area contributed by atoms with Crippen LogP contribution in [-0.2, 0) is 7.05 Å². The summed E-state index contributed by atoms with van der Waals surface area (Å²) < 4.78 is 6.85. The SMILES string of the molecule is COc1ccccc1NC(=O)c1cnc([C@H]2CCN(C(=O)c3ccnn3C)C2)nc1C. The van der Waals surface area contributed by atoms with Gasteiger partial charge >= 0.3 is 0 Å². The smallest absolute Gasteiger partial charge is 0.272 e. The van der Waals surface area contributed by atoms with Crippen molar-refractivity contribution in [1.82, 2.24) is 24.6 Å². The number of amides is 2. The van der Waals surface area contributed by atoms with Crippen molar-refractivity contribution in [1.29, 1.82) is 0 Å². The number of methoxy groups -OCH3 is 1. The van der Waals surface area contributed by atoms with E-state index in [9.17, 15) is 9.59 Å². The summed E-state index contributed by atoms with van der Waals surface area (Å²) >= 11 is 0. The number of carbonyl (C=O) groups excluding carboxylic acids is 2. The van der Waals surface area contributed by atoms with Gasteiger partial charge in [0.05, 0.1) is 24.1 Å². The summed E-state index contributed by atoms with van der Waals surface area (Å²) in [7, 11) is 3.31. The van der Waals surface area contributed by atoms with Gasteiger partial charge in [-0.15, -0.1) is 0 Å². The van der Waals surface area contributed by atoms with Crippen LogP contribution in [0.15, 0.2) is 42.7 Å². The second-order valence-electron chi connectivity index (χ2n) is 7.46. The topological polar surface area (TPSA) is 102 Å². The van der Waals surface area contributed by atoms with Crippen molar-refractivity contribution in [2.24, 2.45) is 7.05 Å². The number of aromatic nitrogens is 4. The lowest BCUT2D eigenvalue weighted by molar-refractivity contribution is 0.0779. The Morgan fingerprint density at radius 1 is 1.23 bits per heavy atom. The molecule has 1 aliphatic rings. The molecule has 0 radical (unpaired) electrons. The average molecular weight is 420 g/mol. The third-order valence-corrected chi connectivity index (χ3v) is 5.48. The zero-order chi connectivity index (χ0) is 22.0. The van der Waals surface area contributed by atoms with E-state index < -0.39 is 0 Å². The van der Waals surface area contributed by atoms with Crippen LogP contribution in [0.1, 0.15) is 44.7 Å². The standard InChI is InChI=1S/C22H24N6O3/c1-14-16(21(29)26-17-6-4-5-7-19(17)31-3)12-23-20(25-14)15-9-11-28(13-15)22(30)18-8-10-24-27(18)2/h4-8,10,12,15H,9,11,13H2,1-3H3,(H,26,29)/t15-/m0/s1. The molecule has 0 bridgehead atoms. The number of nitrogens with one attached hydrogen (secondary N) is 1. The summed E-state index contributed by atoms with van der Waals surface area (Å²) in [5.74, 6) is 0.907. The normalized spacial score (nSPS) is 15.7. The minimum absolute atomic E-state index is 0.0298. The molecule has 31 heavy (non-hydrogen) atoms. The Morgan fingerprint density at radius 2 is 2.03 bits per heavy atom. The number of para-hydroxylation sites is 2. The van der Waals surface area contributed by atoms with Crippen LogP contribution in [0, 0.1) is 6.92 Å². The summed E-state index contributed by atoms with van der Waals surface area (Å²) in [5.41, 5.74) is 2.13. The number of aryl methyl sites for hydroxylation is 2. The predicted octanol–water partition coefficient (Wildman–Crippen LogP) is 2.41. The maximum atomic E-state index is 12.7. The average Bonchev–Trinajstić information content (AvgIpc) is 3.43. The highest BCUT2D eigenvalue weighted by Crippen LogP contribution is 2.27. The molecule has 160 valence electrons. The number of rotatable bonds is 5. The zero-order valence-corrected chi connectivity index (χ0v) is 17.7. The van der Waals surface area contributed by atoms with Crippen molar-refractivity contribution in [2.45, 2.75) is 19.3 Å². The molecule has 0 unspecified atom stereocenters. The maximum absolute atomic E-state index is 12.7. The number of ether oxygens (including phenoxy) is 1. The summed E-state index contributed by atoms with van der Waals surface area (Å²) in [6, 6.07) is 8.92. The number of hydrogen-bond acceptors (Lipinski definition) is 6. The van der Waals surface area contributed by atoms with Crippen LogP contribution < -0.4 is 10.1 Å². The summed E-state index contributed by atoms with van der Waals surface area (Å²) in [6.07, 6.45) is 3.94. The minimum atomic E-state index is -0.298. The van der Waals surface area contributed by atoms with E-state index >= 15 is 0 Å². The van der Waals surface area contributed by atoms with Gasteiger partial charge in [0.1, 0.15) is 17.3 Å². The second-order valence-corrected chi connectivity index (χ2v) is 7.46. The van der Waals surface area contributed by atoms with Gasteiger partial charge in [0, 0.05) is 38.4 Å². The predicted molar refractivity (Wildman–Crippen MR) is 114 cm³/mol. The van der Waals surface area contributed by atoms with Crippen molar-refractivity contribution in [3.05, 3.63) is 65.5 Å². The Bertz CT molecular complexity index is 1130. The fraction of sp³-hybridized carbons (Fsp3) is 0.318. The Kier molecular flexibility index (Phi) is 5.66. The Balaban J connectivity index is 1.46. The van der Waals surface area contributed by atoms with E-state index in [2.05, 4.69) is 20.4 Å². The lowest BCUT2D eigenvalue weighted by Crippen LogP contribution is -2.30. The van der Waals surface area contributed by atoms with Gasteiger partial charge in [0.2, 0.25) is 0 Å². The van der Waals surface area contributed by atoms with Crippen LogP contribution in [0.25, 0.3) is 0 Å². The van der Waals surface area contributed by atoms with Crippen LogP contribution >= 0.6 is 0 Å². The third kappa shape index (κ3) is 4.11. The molecule has 2 amide bonds. The van der Waals surface area contributed by atoms with Crippen molar-refractivity contribution >= 4 is 17.5 Å². The first-order valence-corrected chi connectivity index (χ1v) is 10.0. The van der Waals surface area contributed by atoms with Crippen LogP contribution in [0.4, 0.5) is 5.69 Å². The van der Waals surface area contributed by atoms with E-state index in [4.69, 9.17) is 4.74 Å². The van der Waals surface area contributed by atoms with Crippen LogP contribution in [0.2, 0.25) is 0 Å². The molecule has 1 aliphatic heterocycles. The Labute approximate surface area is 180 Å². The molecule has 4 rings (SSSR count). The maximum Gasteiger partial charge on any atom is 0.272 e. The highest BCUT2D eigenvalue weighted by molar-refractivity contribution is 6.05. The van der Waals surface area contributed by atoms with Crippen molar-refractivity contribution < 1.29 is 14.3 Å².